The summed E-state index contributed by atoms with van der Waals surface area (Å²) in [5.74, 6) is 0.182. The number of nitrogens with one attached hydrogen (secondary N) is 2. The van der Waals surface area contributed by atoms with E-state index in [1.54, 1.807) is 0 Å². The molecule has 0 aliphatic carbocycles. The second kappa shape index (κ2) is 9.35. The minimum absolute atomic E-state index is 0.0160. The predicted molar refractivity (Wildman–Crippen MR) is 84.9 cm³/mol. The van der Waals surface area contributed by atoms with Gasteiger partial charge in [-0.15, -0.1) is 0 Å². The summed E-state index contributed by atoms with van der Waals surface area (Å²) >= 11 is 0. The van der Waals surface area contributed by atoms with E-state index in [0.717, 1.165) is 32.5 Å². The van der Waals surface area contributed by atoms with Gasteiger partial charge in [-0.2, -0.15) is 0 Å². The summed E-state index contributed by atoms with van der Waals surface area (Å²) in [6, 6.07) is 0.923. The van der Waals surface area contributed by atoms with Crippen LogP contribution in [-0.2, 0) is 4.79 Å². The van der Waals surface area contributed by atoms with Crippen LogP contribution in [0.5, 0.6) is 0 Å². The molecule has 4 nitrogen and oxygen atoms in total. The zero-order chi connectivity index (χ0) is 15.0. The summed E-state index contributed by atoms with van der Waals surface area (Å²) in [5, 5.41) is 6.63. The van der Waals surface area contributed by atoms with Crippen LogP contribution in [0.25, 0.3) is 0 Å². The number of hydrogen-bond donors (Lipinski definition) is 2. The highest BCUT2D eigenvalue weighted by Crippen LogP contribution is 2.22. The Morgan fingerprint density at radius 1 is 1.20 bits per heavy atom. The first-order valence-electron chi connectivity index (χ1n) is 8.38. The average Bonchev–Trinajstić information content (AvgIpc) is 2.49. The number of likely N-dealkylation sites (tertiary alicyclic amines) is 1. The van der Waals surface area contributed by atoms with Gasteiger partial charge in [0.15, 0.2) is 0 Å². The van der Waals surface area contributed by atoms with Crippen molar-refractivity contribution in [2.45, 2.75) is 77.9 Å². The molecule has 3 atom stereocenters. The van der Waals surface area contributed by atoms with Gasteiger partial charge in [-0.05, 0) is 52.6 Å². The molecule has 20 heavy (non-hydrogen) atoms. The highest BCUT2D eigenvalue weighted by atomic mass is 16.2. The summed E-state index contributed by atoms with van der Waals surface area (Å²) in [7, 11) is 0. The molecule has 1 aliphatic heterocycles. The van der Waals surface area contributed by atoms with E-state index in [1.807, 2.05) is 0 Å². The Kier molecular flexibility index (Phi) is 8.15. The fourth-order valence-electron chi connectivity index (χ4n) is 3.05. The molecule has 118 valence electrons. The normalized spacial score (nSPS) is 23.3. The van der Waals surface area contributed by atoms with E-state index in [0.29, 0.717) is 12.1 Å². The second-order valence-electron chi connectivity index (χ2n) is 6.01. The van der Waals surface area contributed by atoms with Crippen LogP contribution in [0.4, 0.5) is 0 Å². The molecule has 2 N–H and O–H groups in total. The van der Waals surface area contributed by atoms with Crippen molar-refractivity contribution >= 4 is 5.91 Å². The van der Waals surface area contributed by atoms with E-state index < -0.39 is 0 Å². The van der Waals surface area contributed by atoms with Crippen LogP contribution in [0.3, 0.4) is 0 Å². The highest BCUT2D eigenvalue weighted by molar-refractivity contribution is 5.81. The van der Waals surface area contributed by atoms with Crippen LogP contribution in [0.2, 0.25) is 0 Å². The molecule has 1 fully saturated rings. The molecule has 0 spiro atoms. The smallest absolute Gasteiger partial charge is 0.237 e. The van der Waals surface area contributed by atoms with Gasteiger partial charge in [0.1, 0.15) is 0 Å². The summed E-state index contributed by atoms with van der Waals surface area (Å²) < 4.78 is 0. The van der Waals surface area contributed by atoms with Crippen molar-refractivity contribution in [3.8, 4) is 0 Å². The largest absolute Gasteiger partial charge is 0.355 e. The third kappa shape index (κ3) is 5.06. The van der Waals surface area contributed by atoms with Crippen molar-refractivity contribution in [1.29, 1.82) is 0 Å². The average molecular weight is 283 g/mol. The number of rotatable bonds is 8. The van der Waals surface area contributed by atoms with Crippen molar-refractivity contribution in [3.05, 3.63) is 0 Å². The molecule has 1 rings (SSSR count). The Hall–Kier alpha value is -0.610. The van der Waals surface area contributed by atoms with E-state index in [2.05, 4.69) is 43.2 Å². The fourth-order valence-corrected chi connectivity index (χ4v) is 3.05. The molecule has 1 amide bonds. The molecule has 0 aromatic carbocycles. The Bertz CT molecular complexity index is 283. The molecule has 1 heterocycles. The van der Waals surface area contributed by atoms with Crippen molar-refractivity contribution < 1.29 is 4.79 Å². The lowest BCUT2D eigenvalue weighted by Crippen LogP contribution is -2.57. The van der Waals surface area contributed by atoms with Gasteiger partial charge in [0.05, 0.1) is 6.04 Å². The second-order valence-corrected chi connectivity index (χ2v) is 6.01. The van der Waals surface area contributed by atoms with Gasteiger partial charge >= 0.3 is 0 Å². The monoisotopic (exact) mass is 283 g/mol. The fraction of sp³-hybridized carbons (Fsp3) is 0.938. The van der Waals surface area contributed by atoms with E-state index in [4.69, 9.17) is 0 Å². The van der Waals surface area contributed by atoms with Crippen LogP contribution in [0.15, 0.2) is 0 Å². The molecule has 0 bridgehead atoms. The van der Waals surface area contributed by atoms with Gasteiger partial charge in [0.2, 0.25) is 5.91 Å². The summed E-state index contributed by atoms with van der Waals surface area (Å²) in [6.07, 6.45) is 5.84. The lowest BCUT2D eigenvalue weighted by molar-refractivity contribution is -0.127. The maximum atomic E-state index is 12.2. The van der Waals surface area contributed by atoms with Gasteiger partial charge < -0.3 is 10.6 Å². The highest BCUT2D eigenvalue weighted by Gasteiger charge is 2.32. The maximum Gasteiger partial charge on any atom is 0.237 e. The van der Waals surface area contributed by atoms with E-state index in [9.17, 15) is 4.79 Å². The predicted octanol–water partition coefficient (Wildman–Crippen LogP) is 2.14. The van der Waals surface area contributed by atoms with E-state index in [1.165, 1.54) is 19.3 Å². The number of amides is 1. The molecule has 3 unspecified atom stereocenters. The molecule has 0 radical (unpaired) electrons. The van der Waals surface area contributed by atoms with Crippen molar-refractivity contribution in [2.75, 3.05) is 19.6 Å². The summed E-state index contributed by atoms with van der Waals surface area (Å²) in [4.78, 5) is 14.6. The van der Waals surface area contributed by atoms with Crippen LogP contribution < -0.4 is 10.6 Å². The van der Waals surface area contributed by atoms with Crippen molar-refractivity contribution in [2.24, 2.45) is 0 Å². The zero-order valence-corrected chi connectivity index (χ0v) is 13.7. The Balaban J connectivity index is 2.60. The third-order valence-corrected chi connectivity index (χ3v) is 4.31. The SMILES string of the molecule is CCCNC(=O)C(C)N1CCCCC1C(C)NCCC. The van der Waals surface area contributed by atoms with Crippen LogP contribution >= 0.6 is 0 Å². The molecular formula is C16H33N3O. The molecule has 0 saturated carbocycles. The van der Waals surface area contributed by atoms with Crippen molar-refractivity contribution in [1.82, 2.24) is 15.5 Å². The van der Waals surface area contributed by atoms with Gasteiger partial charge in [-0.1, -0.05) is 20.3 Å². The zero-order valence-electron chi connectivity index (χ0n) is 13.7. The lowest BCUT2D eigenvalue weighted by atomic mass is 9.94. The molecule has 1 saturated heterocycles. The lowest BCUT2D eigenvalue weighted by Gasteiger charge is -2.42. The van der Waals surface area contributed by atoms with E-state index in [-0.39, 0.29) is 11.9 Å². The van der Waals surface area contributed by atoms with Gasteiger partial charge in [0, 0.05) is 18.6 Å². The van der Waals surface area contributed by atoms with Crippen LogP contribution in [-0.4, -0.2) is 48.6 Å². The minimum atomic E-state index is -0.0160. The summed E-state index contributed by atoms with van der Waals surface area (Å²) in [6.45, 7) is 11.5. The van der Waals surface area contributed by atoms with Crippen LogP contribution in [0.1, 0.15) is 59.8 Å². The van der Waals surface area contributed by atoms with E-state index >= 15 is 0 Å². The van der Waals surface area contributed by atoms with Crippen molar-refractivity contribution in [3.63, 3.8) is 0 Å². The number of hydrogen-bond acceptors (Lipinski definition) is 3. The minimum Gasteiger partial charge on any atom is -0.355 e. The first-order chi connectivity index (χ1) is 9.61. The quantitative estimate of drug-likeness (QED) is 0.717. The molecule has 1 aliphatic rings. The summed E-state index contributed by atoms with van der Waals surface area (Å²) in [5.41, 5.74) is 0. The third-order valence-electron chi connectivity index (χ3n) is 4.31. The maximum absolute atomic E-state index is 12.2. The topological polar surface area (TPSA) is 44.4 Å². The number of nitrogens with zero attached hydrogens (tertiary/aromatic N) is 1. The standard InChI is InChI=1S/C16H33N3O/c1-5-10-17-13(3)15-9-7-8-12-19(15)14(4)16(20)18-11-6-2/h13-15,17H,5-12H2,1-4H3,(H,18,20). The van der Waals surface area contributed by atoms with Gasteiger partial charge in [0.25, 0.3) is 0 Å². The Morgan fingerprint density at radius 3 is 2.55 bits per heavy atom. The Labute approximate surface area is 124 Å². The first-order valence-corrected chi connectivity index (χ1v) is 8.38. The van der Waals surface area contributed by atoms with Gasteiger partial charge in [-0.3, -0.25) is 9.69 Å². The Morgan fingerprint density at radius 2 is 1.90 bits per heavy atom. The first kappa shape index (κ1) is 17.4. The number of piperidine rings is 1. The molecule has 0 aromatic heterocycles. The molecular weight excluding hydrogens is 250 g/mol. The molecule has 4 heteroatoms. The molecule has 0 aromatic rings. The number of carbonyl (C=O) groups excluding carboxylic acids is 1. The van der Waals surface area contributed by atoms with Gasteiger partial charge in [-0.25, -0.2) is 0 Å². The number of carbonyl (C=O) groups is 1. The van der Waals surface area contributed by atoms with Crippen LogP contribution in [0, 0.1) is 0 Å².